The summed E-state index contributed by atoms with van der Waals surface area (Å²) in [6.07, 6.45) is 0. The van der Waals surface area contributed by atoms with Gasteiger partial charge in [0.1, 0.15) is 5.60 Å². The van der Waals surface area contributed by atoms with E-state index in [9.17, 15) is 13.5 Å². The van der Waals surface area contributed by atoms with E-state index in [4.69, 9.17) is 0 Å². The van der Waals surface area contributed by atoms with E-state index in [2.05, 4.69) is 0 Å². The van der Waals surface area contributed by atoms with Gasteiger partial charge >= 0.3 is 0 Å². The van der Waals surface area contributed by atoms with Gasteiger partial charge in [-0.15, -0.1) is 0 Å². The summed E-state index contributed by atoms with van der Waals surface area (Å²) < 4.78 is 25.7. The normalized spacial score (nSPS) is 12.0. The predicted octanol–water partition coefficient (Wildman–Crippen LogP) is 3.40. The van der Waals surface area contributed by atoms with E-state index in [-0.39, 0.29) is 4.90 Å². The van der Waals surface area contributed by atoms with Crippen LogP contribution >= 0.6 is 0 Å². The first-order valence-electron chi connectivity index (χ1n) is 7.64. The highest BCUT2D eigenvalue weighted by Gasteiger charge is 2.37. The average Bonchev–Trinajstić information content (AvgIpc) is 2.63. The standard InChI is InChI=1S/C20H18O3S/c21-20(17-10-4-1-5-11-17,18-12-6-2-7-13-18)16-24(22,23)19-14-8-3-9-15-19/h1-15,21H,16H2. The fourth-order valence-corrected chi connectivity index (χ4v) is 4.37. The Balaban J connectivity index is 2.10. The molecule has 3 rings (SSSR count). The van der Waals surface area contributed by atoms with Crippen LogP contribution in [0.1, 0.15) is 11.1 Å². The van der Waals surface area contributed by atoms with Crippen LogP contribution < -0.4 is 0 Å². The monoisotopic (exact) mass is 338 g/mol. The molecule has 0 unspecified atom stereocenters. The molecule has 0 aliphatic heterocycles. The van der Waals surface area contributed by atoms with Crippen molar-refractivity contribution in [2.45, 2.75) is 10.5 Å². The number of hydrogen-bond donors (Lipinski definition) is 1. The van der Waals surface area contributed by atoms with Crippen LogP contribution in [-0.2, 0) is 15.4 Å². The Morgan fingerprint density at radius 2 is 1.04 bits per heavy atom. The minimum Gasteiger partial charge on any atom is -0.379 e. The van der Waals surface area contributed by atoms with E-state index in [0.717, 1.165) is 0 Å². The smallest absolute Gasteiger partial charge is 0.181 e. The zero-order valence-electron chi connectivity index (χ0n) is 13.0. The van der Waals surface area contributed by atoms with Gasteiger partial charge in [0.05, 0.1) is 10.6 Å². The molecule has 1 N–H and O–H groups in total. The molecular formula is C20H18O3S. The highest BCUT2D eigenvalue weighted by atomic mass is 32.2. The summed E-state index contributed by atoms with van der Waals surface area (Å²) in [6, 6.07) is 26.0. The zero-order valence-corrected chi connectivity index (χ0v) is 13.9. The third-order valence-electron chi connectivity index (χ3n) is 4.00. The van der Waals surface area contributed by atoms with Gasteiger partial charge in [0, 0.05) is 0 Å². The minimum absolute atomic E-state index is 0.204. The second-order valence-corrected chi connectivity index (χ2v) is 7.65. The van der Waals surface area contributed by atoms with E-state index >= 15 is 0 Å². The number of sulfone groups is 1. The number of benzene rings is 3. The van der Waals surface area contributed by atoms with Gasteiger partial charge in [-0.05, 0) is 23.3 Å². The summed E-state index contributed by atoms with van der Waals surface area (Å²) in [5, 5.41) is 11.4. The van der Waals surface area contributed by atoms with Gasteiger partial charge in [0.2, 0.25) is 0 Å². The van der Waals surface area contributed by atoms with Gasteiger partial charge in [-0.2, -0.15) is 0 Å². The van der Waals surface area contributed by atoms with Crippen molar-refractivity contribution < 1.29 is 13.5 Å². The third kappa shape index (κ3) is 3.25. The van der Waals surface area contributed by atoms with Crippen molar-refractivity contribution in [3.8, 4) is 0 Å². The lowest BCUT2D eigenvalue weighted by Gasteiger charge is -2.29. The lowest BCUT2D eigenvalue weighted by Crippen LogP contribution is -2.35. The lowest BCUT2D eigenvalue weighted by molar-refractivity contribution is 0.105. The van der Waals surface area contributed by atoms with Crippen LogP contribution in [0.5, 0.6) is 0 Å². The van der Waals surface area contributed by atoms with Crippen LogP contribution in [0, 0.1) is 0 Å². The first-order chi connectivity index (χ1) is 11.5. The molecule has 0 atom stereocenters. The molecule has 122 valence electrons. The van der Waals surface area contributed by atoms with Crippen molar-refractivity contribution in [3.63, 3.8) is 0 Å². The second kappa shape index (κ2) is 6.59. The summed E-state index contributed by atoms with van der Waals surface area (Å²) in [4.78, 5) is 0.204. The minimum atomic E-state index is -3.66. The summed E-state index contributed by atoms with van der Waals surface area (Å²) in [6.45, 7) is 0. The Hall–Kier alpha value is -2.43. The van der Waals surface area contributed by atoms with E-state index in [0.29, 0.717) is 11.1 Å². The Kier molecular flexibility index (Phi) is 4.51. The Morgan fingerprint density at radius 3 is 1.46 bits per heavy atom. The molecule has 3 aromatic carbocycles. The maximum atomic E-state index is 12.8. The SMILES string of the molecule is O=S(=O)(CC(O)(c1ccccc1)c1ccccc1)c1ccccc1. The number of aliphatic hydroxyl groups is 1. The molecule has 3 nitrogen and oxygen atoms in total. The van der Waals surface area contributed by atoms with Gasteiger partial charge in [0.25, 0.3) is 0 Å². The lowest BCUT2D eigenvalue weighted by atomic mass is 9.88. The molecule has 0 aliphatic carbocycles. The highest BCUT2D eigenvalue weighted by molar-refractivity contribution is 7.91. The van der Waals surface area contributed by atoms with Crippen LogP contribution in [0.25, 0.3) is 0 Å². The fraction of sp³-hybridized carbons (Fsp3) is 0.100. The van der Waals surface area contributed by atoms with Gasteiger partial charge in [0.15, 0.2) is 9.84 Å². The van der Waals surface area contributed by atoms with Crippen LogP contribution in [0.15, 0.2) is 95.9 Å². The zero-order chi connectivity index (χ0) is 17.0. The van der Waals surface area contributed by atoms with Crippen LogP contribution in [0.4, 0.5) is 0 Å². The van der Waals surface area contributed by atoms with Gasteiger partial charge in [-0.25, -0.2) is 8.42 Å². The Labute approximate surface area is 142 Å². The van der Waals surface area contributed by atoms with Crippen molar-refractivity contribution in [3.05, 3.63) is 102 Å². The van der Waals surface area contributed by atoms with Gasteiger partial charge in [-0.3, -0.25) is 0 Å². The predicted molar refractivity (Wildman–Crippen MR) is 94.4 cm³/mol. The molecule has 0 spiro atoms. The summed E-state index contributed by atoms with van der Waals surface area (Å²) in [5.41, 5.74) is -0.511. The molecular weight excluding hydrogens is 320 g/mol. The van der Waals surface area contributed by atoms with E-state index < -0.39 is 21.2 Å². The first kappa shape index (κ1) is 16.4. The third-order valence-corrected chi connectivity index (χ3v) is 5.79. The number of rotatable bonds is 5. The molecule has 0 aromatic heterocycles. The molecule has 0 amide bonds. The van der Waals surface area contributed by atoms with Crippen LogP contribution in [0.3, 0.4) is 0 Å². The van der Waals surface area contributed by atoms with Crippen LogP contribution in [0.2, 0.25) is 0 Å². The summed E-state index contributed by atoms with van der Waals surface area (Å²) in [7, 11) is -3.66. The number of hydrogen-bond acceptors (Lipinski definition) is 3. The quantitative estimate of drug-likeness (QED) is 0.776. The summed E-state index contributed by atoms with van der Waals surface area (Å²) in [5.74, 6) is -0.419. The second-order valence-electron chi connectivity index (χ2n) is 5.66. The van der Waals surface area contributed by atoms with E-state index in [1.54, 1.807) is 78.9 Å². The Bertz CT molecular complexity index is 850. The molecule has 0 radical (unpaired) electrons. The molecule has 0 aliphatic rings. The van der Waals surface area contributed by atoms with Crippen molar-refractivity contribution in [2.75, 3.05) is 5.75 Å². The maximum absolute atomic E-state index is 12.8. The van der Waals surface area contributed by atoms with Gasteiger partial charge in [-0.1, -0.05) is 78.9 Å². The van der Waals surface area contributed by atoms with Gasteiger partial charge < -0.3 is 5.11 Å². The molecule has 0 heterocycles. The van der Waals surface area contributed by atoms with Crippen molar-refractivity contribution in [1.82, 2.24) is 0 Å². The van der Waals surface area contributed by atoms with Crippen LogP contribution in [-0.4, -0.2) is 19.3 Å². The summed E-state index contributed by atoms with van der Waals surface area (Å²) >= 11 is 0. The Morgan fingerprint density at radius 1 is 0.667 bits per heavy atom. The molecule has 24 heavy (non-hydrogen) atoms. The van der Waals surface area contributed by atoms with E-state index in [1.165, 1.54) is 0 Å². The molecule has 4 heteroatoms. The first-order valence-corrected chi connectivity index (χ1v) is 9.29. The largest absolute Gasteiger partial charge is 0.379 e. The molecule has 0 fully saturated rings. The van der Waals surface area contributed by atoms with Crippen molar-refractivity contribution in [1.29, 1.82) is 0 Å². The fourth-order valence-electron chi connectivity index (χ4n) is 2.75. The molecule has 3 aromatic rings. The molecule has 0 saturated carbocycles. The molecule has 0 bridgehead atoms. The highest BCUT2D eigenvalue weighted by Crippen LogP contribution is 2.32. The van der Waals surface area contributed by atoms with Crippen molar-refractivity contribution >= 4 is 9.84 Å². The van der Waals surface area contributed by atoms with Crippen molar-refractivity contribution in [2.24, 2.45) is 0 Å². The maximum Gasteiger partial charge on any atom is 0.181 e. The van der Waals surface area contributed by atoms with E-state index in [1.807, 2.05) is 12.1 Å². The molecule has 0 saturated heterocycles. The average molecular weight is 338 g/mol. The topological polar surface area (TPSA) is 54.4 Å².